The highest BCUT2D eigenvalue weighted by Gasteiger charge is 1.94. The summed E-state index contributed by atoms with van der Waals surface area (Å²) >= 11 is 0. The topological polar surface area (TPSA) is 26.5 Å². The highest BCUT2D eigenvalue weighted by molar-refractivity contribution is 5.45. The molecule has 0 fully saturated rings. The summed E-state index contributed by atoms with van der Waals surface area (Å²) in [5.74, 6) is 0.801. The first-order chi connectivity index (χ1) is 5.40. The zero-order valence-electron chi connectivity index (χ0n) is 6.11. The number of aromatic nitrogens is 2. The Morgan fingerprint density at radius 2 is 2.45 bits per heavy atom. The van der Waals surface area contributed by atoms with E-state index in [1.807, 2.05) is 18.3 Å². The Labute approximate surface area is 64.2 Å². The third-order valence-corrected chi connectivity index (χ3v) is 1.53. The van der Waals surface area contributed by atoms with Crippen LogP contribution in [0, 0.1) is 6.07 Å². The molecule has 2 aromatic rings. The van der Waals surface area contributed by atoms with E-state index < -0.39 is 0 Å². The maximum atomic E-state index is 5.02. The lowest BCUT2D eigenvalue weighted by Gasteiger charge is -1.98. The first-order valence-electron chi connectivity index (χ1n) is 3.29. The fourth-order valence-corrected chi connectivity index (χ4v) is 0.958. The van der Waals surface area contributed by atoms with Gasteiger partial charge in [0.15, 0.2) is 0 Å². The Hall–Kier alpha value is -1.51. The smallest absolute Gasteiger partial charge is 0.137 e. The van der Waals surface area contributed by atoms with Crippen molar-refractivity contribution < 1.29 is 4.74 Å². The Morgan fingerprint density at radius 3 is 3.27 bits per heavy atom. The number of nitrogens with zero attached hydrogens (tertiary/aromatic N) is 2. The molecule has 0 atom stereocenters. The van der Waals surface area contributed by atoms with Crippen LogP contribution >= 0.6 is 0 Å². The average Bonchev–Trinajstić information content (AvgIpc) is 2.50. The van der Waals surface area contributed by atoms with Crippen molar-refractivity contribution in [3.8, 4) is 5.75 Å². The second-order valence-corrected chi connectivity index (χ2v) is 2.19. The number of rotatable bonds is 1. The molecule has 1 radical (unpaired) electrons. The van der Waals surface area contributed by atoms with Crippen LogP contribution in [0.1, 0.15) is 0 Å². The van der Waals surface area contributed by atoms with Gasteiger partial charge in [-0.15, -0.1) is 0 Å². The molecule has 0 saturated heterocycles. The van der Waals surface area contributed by atoms with Gasteiger partial charge >= 0.3 is 0 Å². The summed E-state index contributed by atoms with van der Waals surface area (Å²) in [6.07, 6.45) is 3.45. The van der Waals surface area contributed by atoms with Gasteiger partial charge in [-0.05, 0) is 12.1 Å². The summed E-state index contributed by atoms with van der Waals surface area (Å²) in [6, 6.07) is 6.76. The minimum atomic E-state index is 0.801. The van der Waals surface area contributed by atoms with E-state index in [2.05, 4.69) is 11.2 Å². The summed E-state index contributed by atoms with van der Waals surface area (Å²) in [5, 5.41) is 4.01. The third-order valence-electron chi connectivity index (χ3n) is 1.53. The summed E-state index contributed by atoms with van der Waals surface area (Å²) in [5.41, 5.74) is 0.950. The maximum absolute atomic E-state index is 5.02. The normalized spacial score (nSPS) is 10.3. The molecule has 0 N–H and O–H groups in total. The van der Waals surface area contributed by atoms with Gasteiger partial charge in [0.2, 0.25) is 0 Å². The molecule has 0 spiro atoms. The molecule has 0 aliphatic carbocycles. The Bertz CT molecular complexity index is 367. The van der Waals surface area contributed by atoms with Crippen LogP contribution in [0.5, 0.6) is 5.75 Å². The van der Waals surface area contributed by atoms with Crippen LogP contribution in [0.15, 0.2) is 24.5 Å². The van der Waals surface area contributed by atoms with Gasteiger partial charge in [-0.2, -0.15) is 5.10 Å². The van der Waals surface area contributed by atoms with Gasteiger partial charge in [-0.25, -0.2) is 4.52 Å². The van der Waals surface area contributed by atoms with Crippen molar-refractivity contribution in [3.05, 3.63) is 30.6 Å². The second kappa shape index (κ2) is 2.27. The van der Waals surface area contributed by atoms with E-state index in [0.29, 0.717) is 0 Å². The van der Waals surface area contributed by atoms with E-state index in [1.165, 1.54) is 0 Å². The molecule has 2 aromatic heterocycles. The van der Waals surface area contributed by atoms with Gasteiger partial charge in [0, 0.05) is 6.07 Å². The van der Waals surface area contributed by atoms with Crippen LogP contribution in [0.3, 0.4) is 0 Å². The molecule has 0 amide bonds. The molecule has 0 aliphatic heterocycles. The van der Waals surface area contributed by atoms with Gasteiger partial charge in [-0.1, -0.05) is 0 Å². The van der Waals surface area contributed by atoms with Gasteiger partial charge in [0.25, 0.3) is 0 Å². The summed E-state index contributed by atoms with van der Waals surface area (Å²) in [6.45, 7) is 0. The fourth-order valence-electron chi connectivity index (χ4n) is 0.958. The lowest BCUT2D eigenvalue weighted by molar-refractivity contribution is 0.411. The lowest BCUT2D eigenvalue weighted by Crippen LogP contribution is -1.88. The Morgan fingerprint density at radius 1 is 1.55 bits per heavy atom. The fraction of sp³-hybridized carbons (Fsp3) is 0.125. The van der Waals surface area contributed by atoms with E-state index in [-0.39, 0.29) is 0 Å². The van der Waals surface area contributed by atoms with Gasteiger partial charge < -0.3 is 4.74 Å². The van der Waals surface area contributed by atoms with Crippen molar-refractivity contribution in [2.45, 2.75) is 0 Å². The molecule has 3 nitrogen and oxygen atoms in total. The second-order valence-electron chi connectivity index (χ2n) is 2.19. The van der Waals surface area contributed by atoms with Gasteiger partial charge in [-0.3, -0.25) is 0 Å². The Kier molecular flexibility index (Phi) is 1.28. The molecule has 0 unspecified atom stereocenters. The zero-order chi connectivity index (χ0) is 7.68. The van der Waals surface area contributed by atoms with E-state index in [9.17, 15) is 0 Å². The average molecular weight is 147 g/mol. The molecular weight excluding hydrogens is 140 g/mol. The van der Waals surface area contributed by atoms with Gasteiger partial charge in [0.05, 0.1) is 25.0 Å². The van der Waals surface area contributed by atoms with E-state index in [0.717, 1.165) is 11.3 Å². The minimum Gasteiger partial charge on any atom is -0.495 e. The predicted octanol–water partition coefficient (Wildman–Crippen LogP) is 1.14. The number of pyridine rings is 1. The molecule has 11 heavy (non-hydrogen) atoms. The van der Waals surface area contributed by atoms with Crippen LogP contribution in [0.25, 0.3) is 5.52 Å². The van der Waals surface area contributed by atoms with Gasteiger partial charge in [0.1, 0.15) is 5.75 Å². The predicted molar refractivity (Wildman–Crippen MR) is 40.6 cm³/mol. The molecule has 0 aromatic carbocycles. The van der Waals surface area contributed by atoms with E-state index >= 15 is 0 Å². The minimum absolute atomic E-state index is 0.801. The molecule has 0 aliphatic rings. The SMILES string of the molecule is COc1ccc2[c]cnn2c1. The highest BCUT2D eigenvalue weighted by Crippen LogP contribution is 2.10. The van der Waals surface area contributed by atoms with Crippen molar-refractivity contribution in [2.24, 2.45) is 0 Å². The molecule has 0 saturated carbocycles. The molecular formula is C8H7N2O. The first kappa shape index (κ1) is 6.22. The molecule has 55 valence electrons. The lowest BCUT2D eigenvalue weighted by atomic mass is 10.4. The third kappa shape index (κ3) is 0.941. The van der Waals surface area contributed by atoms with Crippen molar-refractivity contribution in [1.29, 1.82) is 0 Å². The number of hydrogen-bond donors (Lipinski definition) is 0. The monoisotopic (exact) mass is 147 g/mol. The molecule has 2 rings (SSSR count). The molecule has 2 heterocycles. The van der Waals surface area contributed by atoms with Crippen molar-refractivity contribution in [2.75, 3.05) is 7.11 Å². The first-order valence-corrected chi connectivity index (χ1v) is 3.29. The standard InChI is InChI=1S/C8H7N2O/c1-11-8-3-2-7-4-5-9-10(7)6-8/h2-3,5-6H,1H3. The highest BCUT2D eigenvalue weighted by atomic mass is 16.5. The summed E-state index contributed by atoms with van der Waals surface area (Å²) < 4.78 is 6.74. The van der Waals surface area contributed by atoms with Crippen molar-refractivity contribution in [3.63, 3.8) is 0 Å². The van der Waals surface area contributed by atoms with Crippen LogP contribution < -0.4 is 4.74 Å². The van der Waals surface area contributed by atoms with Crippen LogP contribution in [0.2, 0.25) is 0 Å². The van der Waals surface area contributed by atoms with Crippen molar-refractivity contribution in [1.82, 2.24) is 9.61 Å². The zero-order valence-corrected chi connectivity index (χ0v) is 6.11. The number of methoxy groups -OCH3 is 1. The quantitative estimate of drug-likeness (QED) is 0.604. The maximum Gasteiger partial charge on any atom is 0.137 e. The number of ether oxygens (including phenoxy) is 1. The van der Waals surface area contributed by atoms with E-state index in [1.54, 1.807) is 17.8 Å². The number of fused-ring (bicyclic) bond motifs is 1. The molecule has 0 bridgehead atoms. The molecule has 3 heteroatoms. The Balaban J connectivity index is 2.67. The van der Waals surface area contributed by atoms with Crippen LogP contribution in [0.4, 0.5) is 0 Å². The van der Waals surface area contributed by atoms with Crippen LogP contribution in [-0.4, -0.2) is 16.7 Å². The largest absolute Gasteiger partial charge is 0.495 e. The van der Waals surface area contributed by atoms with Crippen LogP contribution in [-0.2, 0) is 0 Å². The summed E-state index contributed by atoms with van der Waals surface area (Å²) in [4.78, 5) is 0. The number of hydrogen-bond acceptors (Lipinski definition) is 2. The summed E-state index contributed by atoms with van der Waals surface area (Å²) in [7, 11) is 1.63. The van der Waals surface area contributed by atoms with E-state index in [4.69, 9.17) is 4.74 Å². The van der Waals surface area contributed by atoms with Crippen molar-refractivity contribution >= 4 is 5.52 Å².